The molecule has 0 heterocycles. The second kappa shape index (κ2) is 3.33. The lowest BCUT2D eigenvalue weighted by Crippen LogP contribution is -2.11. The van der Waals surface area contributed by atoms with E-state index in [1.54, 1.807) is 12.1 Å². The van der Waals surface area contributed by atoms with Crippen LogP contribution in [0.25, 0.3) is 6.08 Å². The number of halogens is 1. The van der Waals surface area contributed by atoms with Gasteiger partial charge in [-0.3, -0.25) is 0 Å². The van der Waals surface area contributed by atoms with E-state index in [0.29, 0.717) is 0 Å². The Morgan fingerprint density at radius 1 is 1.23 bits per heavy atom. The molecule has 1 aromatic rings. The zero-order valence-electron chi connectivity index (χ0n) is 8.39. The Kier molecular flexibility index (Phi) is 2.55. The Bertz CT molecular complexity index is 318. The summed E-state index contributed by atoms with van der Waals surface area (Å²) in [4.78, 5) is 0. The van der Waals surface area contributed by atoms with Crippen molar-refractivity contribution >= 4 is 6.08 Å². The molecule has 0 saturated heterocycles. The maximum Gasteiger partial charge on any atom is 0.124 e. The summed E-state index contributed by atoms with van der Waals surface area (Å²) in [5.74, 6) is -0.192. The van der Waals surface area contributed by atoms with Crippen molar-refractivity contribution < 1.29 is 4.39 Å². The van der Waals surface area contributed by atoms with E-state index < -0.39 is 0 Å². The third-order valence-corrected chi connectivity index (χ3v) is 2.02. The summed E-state index contributed by atoms with van der Waals surface area (Å²) in [5, 5.41) is 0. The van der Waals surface area contributed by atoms with Crippen molar-refractivity contribution in [1.29, 1.82) is 0 Å². The predicted octanol–water partition coefficient (Wildman–Crippen LogP) is 3.77. The molecule has 0 fully saturated rings. The highest BCUT2D eigenvalue weighted by atomic mass is 19.1. The van der Waals surface area contributed by atoms with Gasteiger partial charge in [0.25, 0.3) is 0 Å². The number of hydrogen-bond acceptors (Lipinski definition) is 0. The third kappa shape index (κ3) is 2.41. The first-order valence-corrected chi connectivity index (χ1v) is 4.37. The molecule has 0 aliphatic carbocycles. The molecule has 0 atom stereocenters. The van der Waals surface area contributed by atoms with Gasteiger partial charge in [-0.2, -0.15) is 0 Å². The van der Waals surface area contributed by atoms with Crippen LogP contribution in [0.1, 0.15) is 31.9 Å². The molecule has 0 saturated carbocycles. The molecule has 0 spiro atoms. The monoisotopic (exact) mass is 178 g/mol. The molecule has 1 aromatic carbocycles. The molecule has 0 aliphatic heterocycles. The van der Waals surface area contributed by atoms with Gasteiger partial charge in [0.1, 0.15) is 5.82 Å². The lowest BCUT2D eigenvalue weighted by molar-refractivity contribution is 0.572. The lowest BCUT2D eigenvalue weighted by Gasteiger charge is -2.19. The van der Waals surface area contributed by atoms with Crippen LogP contribution in [0.2, 0.25) is 0 Å². The van der Waals surface area contributed by atoms with Crippen LogP contribution in [0.4, 0.5) is 4.39 Å². The van der Waals surface area contributed by atoms with Gasteiger partial charge in [0.15, 0.2) is 0 Å². The molecule has 13 heavy (non-hydrogen) atoms. The second-order valence-electron chi connectivity index (χ2n) is 4.23. The molecule has 1 heteroatoms. The van der Waals surface area contributed by atoms with Crippen LogP contribution in [-0.2, 0) is 5.41 Å². The van der Waals surface area contributed by atoms with E-state index >= 15 is 0 Å². The topological polar surface area (TPSA) is 0 Å². The molecule has 0 aromatic heterocycles. The Morgan fingerprint density at radius 3 is 2.31 bits per heavy atom. The van der Waals surface area contributed by atoms with Crippen molar-refractivity contribution in [2.24, 2.45) is 0 Å². The molecule has 0 unspecified atom stereocenters. The Hall–Kier alpha value is -1.11. The van der Waals surface area contributed by atoms with Gasteiger partial charge in [-0.1, -0.05) is 39.5 Å². The van der Waals surface area contributed by atoms with Crippen LogP contribution in [-0.4, -0.2) is 0 Å². The van der Waals surface area contributed by atoms with Crippen LogP contribution < -0.4 is 0 Å². The van der Waals surface area contributed by atoms with E-state index in [0.717, 1.165) is 11.1 Å². The fourth-order valence-corrected chi connectivity index (χ4v) is 1.16. The fraction of sp³-hybridized carbons (Fsp3) is 0.333. The Morgan fingerprint density at radius 2 is 1.85 bits per heavy atom. The minimum atomic E-state index is -0.192. The van der Waals surface area contributed by atoms with Gasteiger partial charge >= 0.3 is 0 Å². The number of rotatable bonds is 1. The van der Waals surface area contributed by atoms with Gasteiger partial charge in [-0.25, -0.2) is 4.39 Å². The van der Waals surface area contributed by atoms with Crippen LogP contribution in [0.3, 0.4) is 0 Å². The predicted molar refractivity (Wildman–Crippen MR) is 55.2 cm³/mol. The highest BCUT2D eigenvalue weighted by Gasteiger charge is 2.14. The number of hydrogen-bond donors (Lipinski definition) is 0. The summed E-state index contributed by atoms with van der Waals surface area (Å²) in [7, 11) is 0. The van der Waals surface area contributed by atoms with Crippen molar-refractivity contribution in [3.63, 3.8) is 0 Å². The standard InChI is InChI=1S/C12H15F/c1-5-9-6-10(12(2,3)4)8-11(13)7-9/h5-8H,1H2,2-4H3. The summed E-state index contributed by atoms with van der Waals surface area (Å²) in [5.41, 5.74) is 1.83. The van der Waals surface area contributed by atoms with Gasteiger partial charge in [-0.15, -0.1) is 0 Å². The third-order valence-electron chi connectivity index (χ3n) is 2.02. The average molecular weight is 178 g/mol. The maximum atomic E-state index is 13.1. The molecule has 0 amide bonds. The molecule has 0 nitrogen and oxygen atoms in total. The quantitative estimate of drug-likeness (QED) is 0.614. The van der Waals surface area contributed by atoms with Crippen molar-refractivity contribution in [2.75, 3.05) is 0 Å². The minimum Gasteiger partial charge on any atom is -0.207 e. The molecule has 0 radical (unpaired) electrons. The Balaban J connectivity index is 3.24. The SMILES string of the molecule is C=Cc1cc(F)cc(C(C)(C)C)c1. The summed E-state index contributed by atoms with van der Waals surface area (Å²) in [6, 6.07) is 5.03. The summed E-state index contributed by atoms with van der Waals surface area (Å²) in [6.07, 6.45) is 1.66. The lowest BCUT2D eigenvalue weighted by atomic mass is 9.86. The number of benzene rings is 1. The Labute approximate surface area is 79.1 Å². The van der Waals surface area contributed by atoms with Crippen LogP contribution >= 0.6 is 0 Å². The van der Waals surface area contributed by atoms with E-state index in [9.17, 15) is 4.39 Å². The molecule has 1 rings (SSSR count). The molecule has 0 aliphatic rings. The summed E-state index contributed by atoms with van der Waals surface area (Å²) in [6.45, 7) is 9.82. The maximum absolute atomic E-state index is 13.1. The zero-order chi connectivity index (χ0) is 10.1. The molecule has 0 N–H and O–H groups in total. The largest absolute Gasteiger partial charge is 0.207 e. The average Bonchev–Trinajstić information content (AvgIpc) is 2.01. The molecular weight excluding hydrogens is 163 g/mol. The van der Waals surface area contributed by atoms with Crippen LogP contribution in [0.15, 0.2) is 24.8 Å². The minimum absolute atomic E-state index is 0.0140. The normalized spacial score (nSPS) is 11.4. The first-order chi connectivity index (χ1) is 5.93. The van der Waals surface area contributed by atoms with Crippen molar-refractivity contribution in [3.05, 3.63) is 41.7 Å². The highest BCUT2D eigenvalue weighted by molar-refractivity contribution is 5.49. The fourth-order valence-electron chi connectivity index (χ4n) is 1.16. The van der Waals surface area contributed by atoms with Gasteiger partial charge in [-0.05, 0) is 28.7 Å². The van der Waals surface area contributed by atoms with Crippen molar-refractivity contribution in [2.45, 2.75) is 26.2 Å². The van der Waals surface area contributed by atoms with E-state index in [4.69, 9.17) is 0 Å². The molecule has 70 valence electrons. The van der Waals surface area contributed by atoms with Gasteiger partial charge in [0.05, 0.1) is 0 Å². The van der Waals surface area contributed by atoms with E-state index in [2.05, 4.69) is 27.4 Å². The van der Waals surface area contributed by atoms with E-state index in [-0.39, 0.29) is 11.2 Å². The van der Waals surface area contributed by atoms with Gasteiger partial charge in [0.2, 0.25) is 0 Å². The first kappa shape index (κ1) is 9.97. The molecular formula is C12H15F. The molecule has 0 bridgehead atoms. The smallest absolute Gasteiger partial charge is 0.124 e. The highest BCUT2D eigenvalue weighted by Crippen LogP contribution is 2.24. The van der Waals surface area contributed by atoms with Crippen molar-refractivity contribution in [3.8, 4) is 0 Å². The van der Waals surface area contributed by atoms with Gasteiger partial charge < -0.3 is 0 Å². The second-order valence-corrected chi connectivity index (χ2v) is 4.23. The van der Waals surface area contributed by atoms with E-state index in [1.807, 2.05) is 6.07 Å². The van der Waals surface area contributed by atoms with E-state index in [1.165, 1.54) is 6.07 Å². The van der Waals surface area contributed by atoms with Crippen LogP contribution in [0, 0.1) is 5.82 Å². The zero-order valence-corrected chi connectivity index (χ0v) is 8.39. The first-order valence-electron chi connectivity index (χ1n) is 4.37. The summed E-state index contributed by atoms with van der Waals surface area (Å²) < 4.78 is 13.1. The summed E-state index contributed by atoms with van der Waals surface area (Å²) >= 11 is 0. The van der Waals surface area contributed by atoms with Crippen molar-refractivity contribution in [1.82, 2.24) is 0 Å². The van der Waals surface area contributed by atoms with Gasteiger partial charge in [0, 0.05) is 0 Å². The van der Waals surface area contributed by atoms with Crippen LogP contribution in [0.5, 0.6) is 0 Å².